The van der Waals surface area contributed by atoms with E-state index in [0.717, 1.165) is 23.9 Å². The number of carbonyl (C=O) groups excluding carboxylic acids is 2. The lowest BCUT2D eigenvalue weighted by Crippen LogP contribution is -2.38. The van der Waals surface area contributed by atoms with Crippen LogP contribution in [0.4, 0.5) is 0 Å². The van der Waals surface area contributed by atoms with Crippen molar-refractivity contribution in [1.29, 1.82) is 0 Å². The van der Waals surface area contributed by atoms with Gasteiger partial charge in [0.05, 0.1) is 12.1 Å². The van der Waals surface area contributed by atoms with Crippen LogP contribution in [0, 0.1) is 0 Å². The number of hydrogen-bond acceptors (Lipinski definition) is 2. The lowest BCUT2D eigenvalue weighted by Gasteiger charge is -2.23. The lowest BCUT2D eigenvalue weighted by molar-refractivity contribution is -0.127. The molecule has 5 heteroatoms. The van der Waals surface area contributed by atoms with Crippen LogP contribution in [0.3, 0.4) is 0 Å². The van der Waals surface area contributed by atoms with E-state index in [1.807, 2.05) is 42.4 Å². The Labute approximate surface area is 122 Å². The van der Waals surface area contributed by atoms with Crippen molar-refractivity contribution in [3.63, 3.8) is 0 Å². The number of likely N-dealkylation sites (N-methyl/N-ethyl adjacent to an activating group) is 1. The summed E-state index contributed by atoms with van der Waals surface area (Å²) in [5.74, 6) is 0.178. The fourth-order valence-corrected chi connectivity index (χ4v) is 3.65. The van der Waals surface area contributed by atoms with E-state index in [1.165, 1.54) is 0 Å². The maximum atomic E-state index is 12.8. The number of rotatable bonds is 1. The molecule has 1 aromatic heterocycles. The molecule has 0 spiro atoms. The van der Waals surface area contributed by atoms with Gasteiger partial charge >= 0.3 is 0 Å². The maximum absolute atomic E-state index is 12.8. The highest BCUT2D eigenvalue weighted by Gasteiger charge is 2.46. The van der Waals surface area contributed by atoms with Crippen LogP contribution >= 0.6 is 0 Å². The SMILES string of the molecule is CN1C(=O)C[C@H]2[C@H]1CCN2C(=O)c1ccc2[nH]ccc2c1. The number of hydrogen-bond donors (Lipinski definition) is 1. The highest BCUT2D eigenvalue weighted by Crippen LogP contribution is 2.32. The normalized spacial score (nSPS) is 24.9. The first kappa shape index (κ1) is 12.4. The molecule has 0 unspecified atom stereocenters. The van der Waals surface area contributed by atoms with Gasteiger partial charge in [-0.15, -0.1) is 0 Å². The minimum absolute atomic E-state index is 0.0358. The van der Waals surface area contributed by atoms with E-state index >= 15 is 0 Å². The van der Waals surface area contributed by atoms with Crippen LogP contribution in [0.25, 0.3) is 10.9 Å². The standard InChI is InChI=1S/C16H17N3O2/c1-18-13-5-7-19(14(13)9-15(18)20)16(21)11-2-3-12-10(8-11)4-6-17-12/h2-4,6,8,13-14,17H,5,7,9H2,1H3/t13-,14+/m1/s1. The molecule has 2 saturated heterocycles. The number of likely N-dealkylation sites (tertiary alicyclic amines) is 2. The number of fused-ring (bicyclic) bond motifs is 2. The fraction of sp³-hybridized carbons (Fsp3) is 0.375. The zero-order valence-electron chi connectivity index (χ0n) is 11.9. The highest BCUT2D eigenvalue weighted by atomic mass is 16.2. The third kappa shape index (κ3) is 1.77. The monoisotopic (exact) mass is 283 g/mol. The smallest absolute Gasteiger partial charge is 0.254 e. The average Bonchev–Trinajstić information content (AvgIpc) is 3.16. The summed E-state index contributed by atoms with van der Waals surface area (Å²) in [5, 5.41) is 1.04. The summed E-state index contributed by atoms with van der Waals surface area (Å²) in [6, 6.07) is 7.90. The molecule has 0 bridgehead atoms. The predicted octanol–water partition coefficient (Wildman–Crippen LogP) is 1.61. The molecule has 3 heterocycles. The van der Waals surface area contributed by atoms with Gasteiger partial charge in [-0.05, 0) is 30.7 Å². The number of amides is 2. The Morgan fingerprint density at radius 1 is 1.29 bits per heavy atom. The molecule has 4 rings (SSSR count). The van der Waals surface area contributed by atoms with E-state index in [0.29, 0.717) is 12.0 Å². The Morgan fingerprint density at radius 2 is 2.14 bits per heavy atom. The number of aromatic amines is 1. The van der Waals surface area contributed by atoms with Gasteiger partial charge in [-0.2, -0.15) is 0 Å². The van der Waals surface area contributed by atoms with E-state index < -0.39 is 0 Å². The van der Waals surface area contributed by atoms with Crippen molar-refractivity contribution in [1.82, 2.24) is 14.8 Å². The van der Waals surface area contributed by atoms with Crippen LogP contribution in [0.5, 0.6) is 0 Å². The number of H-pyrrole nitrogens is 1. The predicted molar refractivity (Wildman–Crippen MR) is 78.9 cm³/mol. The molecule has 2 aromatic rings. The molecule has 0 saturated carbocycles. The van der Waals surface area contributed by atoms with Crippen LogP contribution in [0.2, 0.25) is 0 Å². The average molecular weight is 283 g/mol. The second-order valence-electron chi connectivity index (χ2n) is 5.91. The molecule has 108 valence electrons. The van der Waals surface area contributed by atoms with Crippen LogP contribution in [-0.2, 0) is 4.79 Å². The summed E-state index contributed by atoms with van der Waals surface area (Å²) in [6.45, 7) is 0.733. The number of aromatic nitrogens is 1. The van der Waals surface area contributed by atoms with Crippen LogP contribution < -0.4 is 0 Å². The summed E-state index contributed by atoms with van der Waals surface area (Å²) in [7, 11) is 1.84. The summed E-state index contributed by atoms with van der Waals surface area (Å²) >= 11 is 0. The molecule has 1 aromatic carbocycles. The molecule has 0 radical (unpaired) electrons. The van der Waals surface area contributed by atoms with Crippen molar-refractivity contribution in [2.75, 3.05) is 13.6 Å². The molecule has 21 heavy (non-hydrogen) atoms. The molecule has 2 atom stereocenters. The lowest BCUT2D eigenvalue weighted by atomic mass is 10.1. The van der Waals surface area contributed by atoms with Gasteiger partial charge in [0.25, 0.3) is 5.91 Å². The maximum Gasteiger partial charge on any atom is 0.254 e. The van der Waals surface area contributed by atoms with Gasteiger partial charge in [0, 0.05) is 42.7 Å². The van der Waals surface area contributed by atoms with Gasteiger partial charge < -0.3 is 14.8 Å². The van der Waals surface area contributed by atoms with Crippen molar-refractivity contribution in [2.45, 2.75) is 24.9 Å². The third-order valence-corrected chi connectivity index (χ3v) is 4.85. The zero-order valence-corrected chi connectivity index (χ0v) is 11.9. The largest absolute Gasteiger partial charge is 0.361 e. The summed E-state index contributed by atoms with van der Waals surface area (Å²) in [5.41, 5.74) is 1.73. The molecule has 2 fully saturated rings. The first-order valence-electron chi connectivity index (χ1n) is 7.29. The van der Waals surface area contributed by atoms with Gasteiger partial charge in [0.1, 0.15) is 0 Å². The van der Waals surface area contributed by atoms with E-state index in [-0.39, 0.29) is 23.9 Å². The van der Waals surface area contributed by atoms with E-state index in [9.17, 15) is 9.59 Å². The van der Waals surface area contributed by atoms with Gasteiger partial charge in [0.2, 0.25) is 5.91 Å². The molecule has 1 N–H and O–H groups in total. The minimum atomic E-state index is 0.0358. The summed E-state index contributed by atoms with van der Waals surface area (Å²) < 4.78 is 0. The van der Waals surface area contributed by atoms with Crippen molar-refractivity contribution < 1.29 is 9.59 Å². The second kappa shape index (κ2) is 4.35. The van der Waals surface area contributed by atoms with Crippen LogP contribution in [0.1, 0.15) is 23.2 Å². The van der Waals surface area contributed by atoms with E-state index in [1.54, 1.807) is 4.90 Å². The molecule has 2 aliphatic rings. The van der Waals surface area contributed by atoms with Crippen molar-refractivity contribution in [3.05, 3.63) is 36.0 Å². The summed E-state index contributed by atoms with van der Waals surface area (Å²) in [4.78, 5) is 31.4. The molecular weight excluding hydrogens is 266 g/mol. The zero-order chi connectivity index (χ0) is 14.6. The van der Waals surface area contributed by atoms with Gasteiger partial charge in [0.15, 0.2) is 0 Å². The highest BCUT2D eigenvalue weighted by molar-refractivity contribution is 5.99. The van der Waals surface area contributed by atoms with Crippen LogP contribution in [0.15, 0.2) is 30.5 Å². The molecule has 5 nitrogen and oxygen atoms in total. The third-order valence-electron chi connectivity index (χ3n) is 4.85. The first-order valence-corrected chi connectivity index (χ1v) is 7.29. The number of carbonyl (C=O) groups is 2. The van der Waals surface area contributed by atoms with Gasteiger partial charge in [-0.1, -0.05) is 0 Å². The molecule has 0 aliphatic carbocycles. The molecule has 2 aliphatic heterocycles. The molecule has 2 amide bonds. The Morgan fingerprint density at radius 3 is 3.00 bits per heavy atom. The minimum Gasteiger partial charge on any atom is -0.361 e. The summed E-state index contributed by atoms with van der Waals surface area (Å²) in [6.07, 6.45) is 3.21. The quantitative estimate of drug-likeness (QED) is 0.864. The first-order chi connectivity index (χ1) is 10.1. The fourth-order valence-electron chi connectivity index (χ4n) is 3.65. The van der Waals surface area contributed by atoms with Crippen LogP contribution in [-0.4, -0.2) is 52.3 Å². The van der Waals surface area contributed by atoms with Crippen molar-refractivity contribution in [2.24, 2.45) is 0 Å². The number of nitrogens with one attached hydrogen (secondary N) is 1. The van der Waals surface area contributed by atoms with E-state index in [4.69, 9.17) is 0 Å². The Hall–Kier alpha value is -2.30. The second-order valence-corrected chi connectivity index (χ2v) is 5.91. The van der Waals surface area contributed by atoms with Gasteiger partial charge in [-0.25, -0.2) is 0 Å². The Balaban J connectivity index is 1.64. The number of nitrogens with zero attached hydrogens (tertiary/aromatic N) is 2. The number of benzene rings is 1. The Kier molecular flexibility index (Phi) is 2.58. The Bertz CT molecular complexity index is 736. The van der Waals surface area contributed by atoms with E-state index in [2.05, 4.69) is 4.98 Å². The van der Waals surface area contributed by atoms with Gasteiger partial charge in [-0.3, -0.25) is 9.59 Å². The topological polar surface area (TPSA) is 56.4 Å². The van der Waals surface area contributed by atoms with Crippen molar-refractivity contribution in [3.8, 4) is 0 Å². The van der Waals surface area contributed by atoms with Crippen molar-refractivity contribution >= 4 is 22.7 Å². The molecular formula is C16H17N3O2.